The van der Waals surface area contributed by atoms with Gasteiger partial charge in [-0.1, -0.05) is 15.9 Å². The second kappa shape index (κ2) is 3.84. The molecule has 16 heavy (non-hydrogen) atoms. The van der Waals surface area contributed by atoms with E-state index < -0.39 is 5.97 Å². The van der Waals surface area contributed by atoms with Gasteiger partial charge >= 0.3 is 5.97 Å². The first-order valence-corrected chi connectivity index (χ1v) is 5.92. The van der Waals surface area contributed by atoms with Crippen molar-refractivity contribution in [3.63, 3.8) is 0 Å². The van der Waals surface area contributed by atoms with Crippen LogP contribution in [0.2, 0.25) is 0 Å². The van der Waals surface area contributed by atoms with Crippen molar-refractivity contribution in [1.82, 2.24) is 0 Å². The third-order valence-electron chi connectivity index (χ3n) is 3.22. The fraction of sp³-hybridized carbons (Fsp3) is 0.417. The normalized spacial score (nSPS) is 17.2. The molecule has 1 aliphatic carbocycles. The molecule has 1 fully saturated rings. The lowest BCUT2D eigenvalue weighted by atomic mass is 9.89. The molecular formula is C12H12BrFO2. The van der Waals surface area contributed by atoms with Crippen molar-refractivity contribution in [2.75, 3.05) is 0 Å². The lowest BCUT2D eigenvalue weighted by molar-refractivity contribution is -0.137. The Morgan fingerprint density at radius 1 is 1.56 bits per heavy atom. The summed E-state index contributed by atoms with van der Waals surface area (Å²) in [7, 11) is 0. The number of carboxylic acids is 1. The van der Waals surface area contributed by atoms with E-state index in [0.29, 0.717) is 4.47 Å². The van der Waals surface area contributed by atoms with Crippen LogP contribution in [-0.4, -0.2) is 11.1 Å². The number of benzene rings is 1. The summed E-state index contributed by atoms with van der Waals surface area (Å²) in [4.78, 5) is 10.8. The van der Waals surface area contributed by atoms with Crippen molar-refractivity contribution in [3.05, 3.63) is 33.5 Å². The summed E-state index contributed by atoms with van der Waals surface area (Å²) in [6.07, 6.45) is 1.75. The van der Waals surface area contributed by atoms with E-state index in [2.05, 4.69) is 15.9 Å². The number of hydrogen-bond acceptors (Lipinski definition) is 1. The first-order valence-electron chi connectivity index (χ1n) is 5.12. The molecule has 0 heterocycles. The number of aliphatic carboxylic acids is 1. The quantitative estimate of drug-likeness (QED) is 0.925. The Morgan fingerprint density at radius 3 is 2.69 bits per heavy atom. The predicted molar refractivity (Wildman–Crippen MR) is 62.0 cm³/mol. The molecule has 4 heteroatoms. The molecule has 0 spiro atoms. The second-order valence-electron chi connectivity index (χ2n) is 4.41. The van der Waals surface area contributed by atoms with Crippen molar-refractivity contribution >= 4 is 21.9 Å². The minimum Gasteiger partial charge on any atom is -0.481 e. The van der Waals surface area contributed by atoms with E-state index in [1.54, 1.807) is 0 Å². The fourth-order valence-corrected chi connectivity index (χ4v) is 2.61. The predicted octanol–water partition coefficient (Wildman–Crippen LogP) is 3.40. The molecule has 2 nitrogen and oxygen atoms in total. The number of rotatable bonds is 3. The highest BCUT2D eigenvalue weighted by atomic mass is 79.9. The number of carbonyl (C=O) groups is 1. The monoisotopic (exact) mass is 286 g/mol. The molecule has 1 aromatic rings. The van der Waals surface area contributed by atoms with Crippen LogP contribution < -0.4 is 0 Å². The van der Waals surface area contributed by atoms with Crippen LogP contribution in [-0.2, 0) is 10.2 Å². The highest BCUT2D eigenvalue weighted by Gasteiger charge is 2.47. The summed E-state index contributed by atoms with van der Waals surface area (Å²) < 4.78 is 14.0. The van der Waals surface area contributed by atoms with Crippen LogP contribution in [0.1, 0.15) is 30.4 Å². The highest BCUT2D eigenvalue weighted by Crippen LogP contribution is 2.52. The van der Waals surface area contributed by atoms with Crippen LogP contribution in [0.25, 0.3) is 0 Å². The molecule has 0 bridgehead atoms. The summed E-state index contributed by atoms with van der Waals surface area (Å²) in [6.45, 7) is 1.89. The van der Waals surface area contributed by atoms with Crippen molar-refractivity contribution in [1.29, 1.82) is 0 Å². The summed E-state index contributed by atoms with van der Waals surface area (Å²) in [5.41, 5.74) is 1.45. The summed E-state index contributed by atoms with van der Waals surface area (Å²) >= 11 is 3.30. The minimum absolute atomic E-state index is 0.0870. The Balaban J connectivity index is 2.44. The van der Waals surface area contributed by atoms with Crippen LogP contribution in [0.15, 0.2) is 16.6 Å². The van der Waals surface area contributed by atoms with E-state index in [1.165, 1.54) is 12.1 Å². The molecule has 1 saturated carbocycles. The van der Waals surface area contributed by atoms with Gasteiger partial charge in [0.2, 0.25) is 0 Å². The van der Waals surface area contributed by atoms with Crippen LogP contribution >= 0.6 is 15.9 Å². The van der Waals surface area contributed by atoms with E-state index in [9.17, 15) is 9.18 Å². The van der Waals surface area contributed by atoms with E-state index in [1.807, 2.05) is 6.92 Å². The highest BCUT2D eigenvalue weighted by molar-refractivity contribution is 9.10. The van der Waals surface area contributed by atoms with Gasteiger partial charge in [0.1, 0.15) is 5.82 Å². The molecule has 2 rings (SSSR count). The van der Waals surface area contributed by atoms with Crippen LogP contribution in [0.5, 0.6) is 0 Å². The molecule has 0 saturated heterocycles. The van der Waals surface area contributed by atoms with Gasteiger partial charge in [-0.2, -0.15) is 0 Å². The molecule has 1 N–H and O–H groups in total. The second-order valence-corrected chi connectivity index (χ2v) is 5.27. The van der Waals surface area contributed by atoms with Crippen molar-refractivity contribution in [2.24, 2.45) is 0 Å². The van der Waals surface area contributed by atoms with Gasteiger partial charge in [0.05, 0.1) is 6.42 Å². The Kier molecular flexibility index (Phi) is 2.78. The molecule has 1 aromatic carbocycles. The lowest BCUT2D eigenvalue weighted by Gasteiger charge is -2.17. The Morgan fingerprint density at radius 2 is 2.19 bits per heavy atom. The van der Waals surface area contributed by atoms with Gasteiger partial charge in [-0.3, -0.25) is 4.79 Å². The molecule has 0 radical (unpaired) electrons. The molecule has 0 aliphatic heterocycles. The maximum Gasteiger partial charge on any atom is 0.304 e. The lowest BCUT2D eigenvalue weighted by Crippen LogP contribution is -2.14. The van der Waals surface area contributed by atoms with E-state index >= 15 is 0 Å². The minimum atomic E-state index is -0.822. The maximum absolute atomic E-state index is 13.3. The molecule has 86 valence electrons. The van der Waals surface area contributed by atoms with Crippen molar-refractivity contribution in [2.45, 2.75) is 31.6 Å². The maximum atomic E-state index is 13.3. The fourth-order valence-electron chi connectivity index (χ4n) is 2.18. The summed E-state index contributed by atoms with van der Waals surface area (Å²) in [6, 6.07) is 2.88. The first-order chi connectivity index (χ1) is 7.44. The summed E-state index contributed by atoms with van der Waals surface area (Å²) in [5.74, 6) is -1.14. The van der Waals surface area contributed by atoms with Gasteiger partial charge in [-0.25, -0.2) is 4.39 Å². The SMILES string of the molecule is Cc1c(Br)cc(F)cc1C1(CC(=O)O)CC1. The summed E-state index contributed by atoms with van der Waals surface area (Å²) in [5, 5.41) is 8.87. The largest absolute Gasteiger partial charge is 0.481 e. The standard InChI is InChI=1S/C12H12BrFO2/c1-7-9(4-8(14)5-10(7)13)12(2-3-12)6-11(15)16/h4-5H,2-3,6H2,1H3,(H,15,16). The first kappa shape index (κ1) is 11.6. The van der Waals surface area contributed by atoms with Gasteiger partial charge in [0.25, 0.3) is 0 Å². The zero-order valence-corrected chi connectivity index (χ0v) is 10.5. The average molecular weight is 287 g/mol. The smallest absolute Gasteiger partial charge is 0.304 e. The number of halogens is 2. The zero-order chi connectivity index (χ0) is 11.9. The van der Waals surface area contributed by atoms with Crippen LogP contribution in [0, 0.1) is 12.7 Å². The van der Waals surface area contributed by atoms with E-state index in [-0.39, 0.29) is 17.7 Å². The Bertz CT molecular complexity index is 453. The molecular weight excluding hydrogens is 275 g/mol. The topological polar surface area (TPSA) is 37.3 Å². The van der Waals surface area contributed by atoms with E-state index in [4.69, 9.17) is 5.11 Å². The van der Waals surface area contributed by atoms with Gasteiger partial charge in [0, 0.05) is 9.89 Å². The van der Waals surface area contributed by atoms with Gasteiger partial charge in [-0.15, -0.1) is 0 Å². The molecule has 0 aromatic heterocycles. The van der Waals surface area contributed by atoms with Crippen LogP contribution in [0.3, 0.4) is 0 Å². The zero-order valence-electron chi connectivity index (χ0n) is 8.89. The van der Waals surface area contributed by atoms with Gasteiger partial charge in [0.15, 0.2) is 0 Å². The van der Waals surface area contributed by atoms with Gasteiger partial charge < -0.3 is 5.11 Å². The average Bonchev–Trinajstić information content (AvgIpc) is 2.91. The third-order valence-corrected chi connectivity index (χ3v) is 4.05. The molecule has 0 amide bonds. The molecule has 0 atom stereocenters. The third kappa shape index (κ3) is 1.98. The van der Waals surface area contributed by atoms with Gasteiger partial charge in [-0.05, 0) is 43.0 Å². The Labute approximate surface area is 102 Å². The number of hydrogen-bond donors (Lipinski definition) is 1. The Hall–Kier alpha value is -0.900. The van der Waals surface area contributed by atoms with Crippen molar-refractivity contribution < 1.29 is 14.3 Å². The van der Waals surface area contributed by atoms with Crippen LogP contribution in [0.4, 0.5) is 4.39 Å². The van der Waals surface area contributed by atoms with Crippen molar-refractivity contribution in [3.8, 4) is 0 Å². The molecule has 0 unspecified atom stereocenters. The number of carboxylic acid groups (broad SMARTS) is 1. The molecule has 1 aliphatic rings. The van der Waals surface area contributed by atoms with E-state index in [0.717, 1.165) is 24.0 Å².